The van der Waals surface area contributed by atoms with Crippen molar-refractivity contribution >= 4 is 34.8 Å². The first-order valence-corrected chi connectivity index (χ1v) is 11.9. The van der Waals surface area contributed by atoms with Crippen LogP contribution in [-0.2, 0) is 0 Å². The van der Waals surface area contributed by atoms with Crippen LogP contribution < -0.4 is 10.1 Å². The average molecular weight is 475 g/mol. The molecule has 34 heavy (non-hydrogen) atoms. The molecule has 0 atom stereocenters. The maximum atomic E-state index is 12.9. The van der Waals surface area contributed by atoms with E-state index in [1.165, 1.54) is 0 Å². The molecular weight excluding hydrogens is 448 g/mol. The summed E-state index contributed by atoms with van der Waals surface area (Å²) >= 11 is 5.96. The Bertz CT molecular complexity index is 1260. The van der Waals surface area contributed by atoms with Crippen molar-refractivity contribution in [1.82, 2.24) is 9.80 Å². The maximum absolute atomic E-state index is 12.9. The molecule has 1 N–H and O–H groups in total. The molecule has 0 aliphatic carbocycles. The van der Waals surface area contributed by atoms with Gasteiger partial charge in [-0.15, -0.1) is 0 Å². The predicted octanol–water partition coefficient (Wildman–Crippen LogP) is 6.38. The molecular formula is C27H27ClN4O2. The Balaban J connectivity index is 1.39. The van der Waals surface area contributed by atoms with E-state index in [4.69, 9.17) is 21.3 Å². The lowest BCUT2D eigenvalue weighted by atomic mass is 10.1. The van der Waals surface area contributed by atoms with Crippen LogP contribution in [0.1, 0.15) is 23.1 Å². The molecule has 174 valence electrons. The topological polar surface area (TPSA) is 57.2 Å². The second-order valence-corrected chi connectivity index (χ2v) is 9.21. The summed E-state index contributed by atoms with van der Waals surface area (Å²) in [4.78, 5) is 22.1. The van der Waals surface area contributed by atoms with Gasteiger partial charge in [-0.1, -0.05) is 29.3 Å². The van der Waals surface area contributed by atoms with Crippen molar-refractivity contribution in [1.29, 1.82) is 0 Å². The summed E-state index contributed by atoms with van der Waals surface area (Å²) in [7, 11) is 0. The lowest BCUT2D eigenvalue weighted by Crippen LogP contribution is -2.39. The number of nitrogens with one attached hydrogen (secondary N) is 1. The number of nitrogens with zero attached hydrogens (tertiary/aromatic N) is 3. The Morgan fingerprint density at radius 3 is 2.50 bits per heavy atom. The second-order valence-electron chi connectivity index (χ2n) is 8.77. The molecule has 2 aliphatic heterocycles. The molecule has 1 saturated heterocycles. The minimum absolute atomic E-state index is 0.104. The monoisotopic (exact) mass is 474 g/mol. The van der Waals surface area contributed by atoms with Gasteiger partial charge in [-0.2, -0.15) is 0 Å². The molecule has 3 aromatic rings. The average Bonchev–Trinajstić information content (AvgIpc) is 3.15. The largest absolute Gasteiger partial charge is 0.454 e. The molecule has 2 heterocycles. The van der Waals surface area contributed by atoms with Gasteiger partial charge < -0.3 is 19.9 Å². The number of ether oxygens (including phenoxy) is 1. The van der Waals surface area contributed by atoms with Crippen LogP contribution in [0, 0.1) is 13.8 Å². The van der Waals surface area contributed by atoms with Gasteiger partial charge in [0.15, 0.2) is 5.75 Å². The molecule has 0 radical (unpaired) electrons. The van der Waals surface area contributed by atoms with Crippen molar-refractivity contribution in [2.75, 3.05) is 31.5 Å². The Kier molecular flexibility index (Phi) is 6.16. The summed E-state index contributed by atoms with van der Waals surface area (Å²) in [6, 6.07) is 19.3. The number of urea groups is 1. The smallest absolute Gasteiger partial charge is 0.321 e. The van der Waals surface area contributed by atoms with E-state index in [0.29, 0.717) is 24.7 Å². The van der Waals surface area contributed by atoms with Gasteiger partial charge in [-0.25, -0.2) is 9.79 Å². The molecule has 0 unspecified atom stereocenters. The minimum Gasteiger partial charge on any atom is -0.454 e. The summed E-state index contributed by atoms with van der Waals surface area (Å²) in [5.41, 5.74) is 4.81. The number of hydrogen-bond donors (Lipinski definition) is 1. The van der Waals surface area contributed by atoms with Gasteiger partial charge in [-0.3, -0.25) is 0 Å². The molecule has 1 fully saturated rings. The SMILES string of the molecule is Cc1ccc2c(c1)Oc1ccc(C)cc1C(N1CCCN(C(=O)Nc3ccc(Cl)cc3)CC1)=N2. The van der Waals surface area contributed by atoms with Gasteiger partial charge in [-0.05, 0) is 74.4 Å². The van der Waals surface area contributed by atoms with E-state index in [0.717, 1.165) is 58.4 Å². The fourth-order valence-electron chi connectivity index (χ4n) is 4.30. The fourth-order valence-corrected chi connectivity index (χ4v) is 4.43. The summed E-state index contributed by atoms with van der Waals surface area (Å²) in [6.07, 6.45) is 0.843. The Labute approximate surface area is 204 Å². The number of halogens is 1. The zero-order chi connectivity index (χ0) is 23.7. The van der Waals surface area contributed by atoms with Crippen molar-refractivity contribution in [3.63, 3.8) is 0 Å². The molecule has 0 aromatic heterocycles. The molecule has 0 bridgehead atoms. The molecule has 7 heteroatoms. The highest BCUT2D eigenvalue weighted by molar-refractivity contribution is 6.30. The number of anilines is 1. The van der Waals surface area contributed by atoms with Gasteiger partial charge in [0.05, 0.1) is 5.56 Å². The van der Waals surface area contributed by atoms with E-state index >= 15 is 0 Å². The number of carbonyl (C=O) groups is 1. The van der Waals surface area contributed by atoms with Crippen LogP contribution >= 0.6 is 11.6 Å². The summed E-state index contributed by atoms with van der Waals surface area (Å²) < 4.78 is 6.30. The standard InChI is InChI=1S/C27H27ClN4O2/c1-18-5-11-24-22(16-18)26(30-23-10-4-19(2)17-25(23)34-24)31-12-3-13-32(15-14-31)27(33)29-21-8-6-20(28)7-9-21/h4-11,16-17H,3,12-15H2,1-2H3,(H,29,33). The van der Waals surface area contributed by atoms with Gasteiger partial charge in [0.2, 0.25) is 0 Å². The van der Waals surface area contributed by atoms with Crippen LogP contribution in [0.5, 0.6) is 11.5 Å². The first-order valence-electron chi connectivity index (χ1n) is 11.5. The summed E-state index contributed by atoms with van der Waals surface area (Å²) in [5, 5.41) is 3.61. The fraction of sp³-hybridized carbons (Fsp3) is 0.259. The number of amides is 2. The normalized spacial score (nSPS) is 15.3. The molecule has 0 spiro atoms. The molecule has 2 amide bonds. The van der Waals surface area contributed by atoms with E-state index in [1.54, 1.807) is 12.1 Å². The van der Waals surface area contributed by atoms with Crippen LogP contribution in [0.25, 0.3) is 0 Å². The highest BCUT2D eigenvalue weighted by Gasteiger charge is 2.26. The lowest BCUT2D eigenvalue weighted by molar-refractivity contribution is 0.214. The highest BCUT2D eigenvalue weighted by Crippen LogP contribution is 2.39. The summed E-state index contributed by atoms with van der Waals surface area (Å²) in [6.45, 7) is 6.88. The third kappa shape index (κ3) is 4.73. The van der Waals surface area contributed by atoms with E-state index in [9.17, 15) is 4.79 Å². The number of hydrogen-bond acceptors (Lipinski definition) is 4. The van der Waals surface area contributed by atoms with Gasteiger partial charge >= 0.3 is 6.03 Å². The first kappa shape index (κ1) is 22.3. The number of amidine groups is 1. The Morgan fingerprint density at radius 1 is 0.912 bits per heavy atom. The zero-order valence-corrected chi connectivity index (χ0v) is 20.1. The van der Waals surface area contributed by atoms with Crippen LogP contribution in [-0.4, -0.2) is 47.8 Å². The third-order valence-corrected chi connectivity index (χ3v) is 6.37. The molecule has 6 nitrogen and oxygen atoms in total. The van der Waals surface area contributed by atoms with Gasteiger partial charge in [0.25, 0.3) is 0 Å². The van der Waals surface area contributed by atoms with E-state index < -0.39 is 0 Å². The van der Waals surface area contributed by atoms with Crippen molar-refractivity contribution in [2.24, 2.45) is 4.99 Å². The van der Waals surface area contributed by atoms with Crippen molar-refractivity contribution < 1.29 is 9.53 Å². The van der Waals surface area contributed by atoms with E-state index in [1.807, 2.05) is 42.2 Å². The predicted molar refractivity (Wildman–Crippen MR) is 137 cm³/mol. The number of benzene rings is 3. The van der Waals surface area contributed by atoms with Crippen molar-refractivity contribution in [2.45, 2.75) is 20.3 Å². The van der Waals surface area contributed by atoms with Crippen LogP contribution in [0.15, 0.2) is 65.7 Å². The van der Waals surface area contributed by atoms with Crippen molar-refractivity contribution in [3.8, 4) is 11.5 Å². The maximum Gasteiger partial charge on any atom is 0.321 e. The Hall–Kier alpha value is -3.51. The van der Waals surface area contributed by atoms with Crippen LogP contribution in [0.3, 0.4) is 0 Å². The quantitative estimate of drug-likeness (QED) is 0.445. The zero-order valence-electron chi connectivity index (χ0n) is 19.3. The molecule has 3 aromatic carbocycles. The second kappa shape index (κ2) is 9.39. The number of rotatable bonds is 1. The number of aryl methyl sites for hydroxylation is 2. The highest BCUT2D eigenvalue weighted by atomic mass is 35.5. The number of carbonyl (C=O) groups excluding carboxylic acids is 1. The lowest BCUT2D eigenvalue weighted by Gasteiger charge is -2.25. The number of aliphatic imine (C=N–C) groups is 1. The number of fused-ring (bicyclic) bond motifs is 2. The van der Waals surface area contributed by atoms with Crippen LogP contribution in [0.4, 0.5) is 16.2 Å². The molecule has 5 rings (SSSR count). The van der Waals surface area contributed by atoms with Gasteiger partial charge in [0, 0.05) is 36.9 Å². The minimum atomic E-state index is -0.104. The summed E-state index contributed by atoms with van der Waals surface area (Å²) in [5.74, 6) is 2.45. The van der Waals surface area contributed by atoms with E-state index in [2.05, 4.69) is 35.3 Å². The van der Waals surface area contributed by atoms with E-state index in [-0.39, 0.29) is 6.03 Å². The van der Waals surface area contributed by atoms with Gasteiger partial charge in [0.1, 0.15) is 17.3 Å². The third-order valence-electron chi connectivity index (χ3n) is 6.12. The molecule has 0 saturated carbocycles. The first-order chi connectivity index (χ1) is 16.5. The van der Waals surface area contributed by atoms with Crippen LogP contribution in [0.2, 0.25) is 5.02 Å². The Morgan fingerprint density at radius 2 is 1.68 bits per heavy atom. The van der Waals surface area contributed by atoms with Crippen molar-refractivity contribution in [3.05, 3.63) is 82.4 Å². The molecule has 2 aliphatic rings.